The standard InChI is InChI=1S/C17H16F2N2/c1-11(2)13-4-3-5-14(8-13)21-10-15-16(18)6-12(9-20)7-17(15)19/h3-8,11,21H,10H2,1-2H3. The normalized spacial score (nSPS) is 10.5. The molecule has 2 nitrogen and oxygen atoms in total. The average molecular weight is 286 g/mol. The van der Waals surface area contributed by atoms with Crippen LogP contribution in [0.15, 0.2) is 36.4 Å². The van der Waals surface area contributed by atoms with Crippen LogP contribution in [0, 0.1) is 23.0 Å². The molecule has 0 radical (unpaired) electrons. The van der Waals surface area contributed by atoms with Gasteiger partial charge in [0.05, 0.1) is 11.6 Å². The van der Waals surface area contributed by atoms with Crippen molar-refractivity contribution in [1.82, 2.24) is 0 Å². The summed E-state index contributed by atoms with van der Waals surface area (Å²) in [5, 5.41) is 11.7. The summed E-state index contributed by atoms with van der Waals surface area (Å²) in [6, 6.07) is 11.6. The molecule has 108 valence electrons. The molecule has 2 aromatic rings. The summed E-state index contributed by atoms with van der Waals surface area (Å²) in [5.74, 6) is -1.03. The highest BCUT2D eigenvalue weighted by Gasteiger charge is 2.11. The summed E-state index contributed by atoms with van der Waals surface area (Å²) in [6.07, 6.45) is 0. The van der Waals surface area contributed by atoms with E-state index in [-0.39, 0.29) is 17.7 Å². The van der Waals surface area contributed by atoms with Gasteiger partial charge in [0.2, 0.25) is 0 Å². The van der Waals surface area contributed by atoms with E-state index in [4.69, 9.17) is 5.26 Å². The first-order valence-electron chi connectivity index (χ1n) is 6.73. The van der Waals surface area contributed by atoms with Crippen LogP contribution in [0.1, 0.15) is 36.5 Å². The van der Waals surface area contributed by atoms with Crippen LogP contribution >= 0.6 is 0 Å². The number of hydrogen-bond acceptors (Lipinski definition) is 2. The molecule has 2 rings (SSSR count). The molecule has 0 fully saturated rings. The van der Waals surface area contributed by atoms with E-state index >= 15 is 0 Å². The van der Waals surface area contributed by atoms with Crippen LogP contribution in [0.25, 0.3) is 0 Å². The van der Waals surface area contributed by atoms with Gasteiger partial charge in [-0.25, -0.2) is 8.78 Å². The molecule has 0 atom stereocenters. The van der Waals surface area contributed by atoms with Gasteiger partial charge in [-0.15, -0.1) is 0 Å². The third-order valence-electron chi connectivity index (χ3n) is 3.29. The van der Waals surface area contributed by atoms with Gasteiger partial charge in [0.25, 0.3) is 0 Å². The van der Waals surface area contributed by atoms with Crippen molar-refractivity contribution in [3.63, 3.8) is 0 Å². The second kappa shape index (κ2) is 6.36. The molecular weight excluding hydrogens is 270 g/mol. The Kier molecular flexibility index (Phi) is 4.54. The van der Waals surface area contributed by atoms with Crippen molar-refractivity contribution in [3.05, 3.63) is 64.7 Å². The summed E-state index contributed by atoms with van der Waals surface area (Å²) in [4.78, 5) is 0. The fourth-order valence-corrected chi connectivity index (χ4v) is 2.03. The van der Waals surface area contributed by atoms with Crippen LogP contribution in [-0.2, 0) is 6.54 Å². The van der Waals surface area contributed by atoms with Crippen LogP contribution < -0.4 is 5.32 Å². The van der Waals surface area contributed by atoms with E-state index in [2.05, 4.69) is 19.2 Å². The van der Waals surface area contributed by atoms with E-state index in [1.165, 1.54) is 0 Å². The molecule has 0 saturated carbocycles. The molecule has 0 aliphatic rings. The van der Waals surface area contributed by atoms with Gasteiger partial charge in [-0.2, -0.15) is 5.26 Å². The molecule has 0 amide bonds. The van der Waals surface area contributed by atoms with E-state index in [9.17, 15) is 8.78 Å². The molecule has 0 unspecified atom stereocenters. The molecule has 21 heavy (non-hydrogen) atoms. The number of benzene rings is 2. The Morgan fingerprint density at radius 2 is 1.81 bits per heavy atom. The molecule has 0 aliphatic heterocycles. The van der Waals surface area contributed by atoms with Gasteiger partial charge in [-0.3, -0.25) is 0 Å². The SMILES string of the molecule is CC(C)c1cccc(NCc2c(F)cc(C#N)cc2F)c1. The Bertz CT molecular complexity index is 664. The zero-order valence-corrected chi connectivity index (χ0v) is 12.0. The summed E-state index contributed by atoms with van der Waals surface area (Å²) < 4.78 is 27.6. The van der Waals surface area contributed by atoms with Crippen LogP contribution in [-0.4, -0.2) is 0 Å². The number of nitrogens with zero attached hydrogens (tertiary/aromatic N) is 1. The van der Waals surface area contributed by atoms with Crippen molar-refractivity contribution in [2.45, 2.75) is 26.3 Å². The van der Waals surface area contributed by atoms with Gasteiger partial charge in [0.15, 0.2) is 0 Å². The zero-order chi connectivity index (χ0) is 15.4. The number of halogens is 2. The van der Waals surface area contributed by atoms with Crippen molar-refractivity contribution in [2.75, 3.05) is 5.32 Å². The zero-order valence-electron chi connectivity index (χ0n) is 12.0. The van der Waals surface area contributed by atoms with Gasteiger partial charge in [0, 0.05) is 17.8 Å². The van der Waals surface area contributed by atoms with Crippen LogP contribution in [0.5, 0.6) is 0 Å². The van der Waals surface area contributed by atoms with Crippen LogP contribution in [0.3, 0.4) is 0 Å². The maximum atomic E-state index is 13.8. The lowest BCUT2D eigenvalue weighted by Crippen LogP contribution is -2.05. The summed E-state index contributed by atoms with van der Waals surface area (Å²) in [7, 11) is 0. The fraction of sp³-hybridized carbons (Fsp3) is 0.235. The van der Waals surface area contributed by atoms with Gasteiger partial charge >= 0.3 is 0 Å². The van der Waals surface area contributed by atoms with E-state index in [0.717, 1.165) is 23.4 Å². The van der Waals surface area contributed by atoms with E-state index in [1.807, 2.05) is 24.3 Å². The minimum absolute atomic E-state index is 0.0180. The van der Waals surface area contributed by atoms with Gasteiger partial charge < -0.3 is 5.32 Å². The minimum atomic E-state index is -0.709. The Labute approximate surface area is 123 Å². The highest BCUT2D eigenvalue weighted by Crippen LogP contribution is 2.21. The first kappa shape index (κ1) is 15.0. The topological polar surface area (TPSA) is 35.8 Å². The molecule has 0 saturated heterocycles. The van der Waals surface area contributed by atoms with E-state index in [1.54, 1.807) is 6.07 Å². The maximum absolute atomic E-state index is 13.8. The first-order chi connectivity index (χ1) is 10.0. The minimum Gasteiger partial charge on any atom is -0.381 e. The van der Waals surface area contributed by atoms with E-state index < -0.39 is 11.6 Å². The number of rotatable bonds is 4. The lowest BCUT2D eigenvalue weighted by Gasteiger charge is -2.11. The largest absolute Gasteiger partial charge is 0.381 e. The Morgan fingerprint density at radius 3 is 2.38 bits per heavy atom. The quantitative estimate of drug-likeness (QED) is 0.893. The number of nitrogens with one attached hydrogen (secondary N) is 1. The maximum Gasteiger partial charge on any atom is 0.132 e. The molecule has 0 aromatic heterocycles. The second-order valence-corrected chi connectivity index (χ2v) is 5.16. The lowest BCUT2D eigenvalue weighted by molar-refractivity contribution is 0.559. The molecule has 1 N–H and O–H groups in total. The Balaban J connectivity index is 2.17. The van der Waals surface area contributed by atoms with Crippen molar-refractivity contribution in [1.29, 1.82) is 5.26 Å². The van der Waals surface area contributed by atoms with Gasteiger partial charge in [-0.1, -0.05) is 26.0 Å². The Morgan fingerprint density at radius 1 is 1.14 bits per heavy atom. The smallest absolute Gasteiger partial charge is 0.132 e. The first-order valence-corrected chi connectivity index (χ1v) is 6.73. The van der Waals surface area contributed by atoms with Crippen molar-refractivity contribution >= 4 is 5.69 Å². The number of nitriles is 1. The molecule has 0 aliphatic carbocycles. The van der Waals surface area contributed by atoms with Crippen molar-refractivity contribution < 1.29 is 8.78 Å². The van der Waals surface area contributed by atoms with Crippen LogP contribution in [0.2, 0.25) is 0 Å². The molecule has 2 aromatic carbocycles. The number of anilines is 1. The second-order valence-electron chi connectivity index (χ2n) is 5.16. The van der Waals surface area contributed by atoms with Crippen molar-refractivity contribution in [3.8, 4) is 6.07 Å². The summed E-state index contributed by atoms with van der Waals surface area (Å²) in [5.41, 5.74) is 1.88. The molecule has 0 bridgehead atoms. The van der Waals surface area contributed by atoms with Crippen molar-refractivity contribution in [2.24, 2.45) is 0 Å². The third-order valence-corrected chi connectivity index (χ3v) is 3.29. The molecule has 4 heteroatoms. The third kappa shape index (κ3) is 3.57. The highest BCUT2D eigenvalue weighted by atomic mass is 19.1. The monoisotopic (exact) mass is 286 g/mol. The molecule has 0 spiro atoms. The summed E-state index contributed by atoms with van der Waals surface area (Å²) >= 11 is 0. The highest BCUT2D eigenvalue weighted by molar-refractivity contribution is 5.47. The molecule has 0 heterocycles. The predicted octanol–water partition coefficient (Wildman–Crippen LogP) is 4.57. The van der Waals surface area contributed by atoms with Gasteiger partial charge in [-0.05, 0) is 35.7 Å². The Hall–Kier alpha value is -2.41. The predicted molar refractivity (Wildman–Crippen MR) is 78.9 cm³/mol. The van der Waals surface area contributed by atoms with E-state index in [0.29, 0.717) is 5.92 Å². The average Bonchev–Trinajstić information content (AvgIpc) is 2.46. The fourth-order valence-electron chi connectivity index (χ4n) is 2.03. The van der Waals surface area contributed by atoms with Gasteiger partial charge in [0.1, 0.15) is 11.6 Å². The van der Waals surface area contributed by atoms with Crippen LogP contribution in [0.4, 0.5) is 14.5 Å². The molecular formula is C17H16F2N2. The lowest BCUT2D eigenvalue weighted by atomic mass is 10.0. The number of hydrogen-bond donors (Lipinski definition) is 1. The summed E-state index contributed by atoms with van der Waals surface area (Å²) in [6.45, 7) is 4.20.